The molecule has 0 aliphatic carbocycles. The first-order chi connectivity index (χ1) is 15.9. The third-order valence-electron chi connectivity index (χ3n) is 5.72. The van der Waals surface area contributed by atoms with Gasteiger partial charge in [0.1, 0.15) is 11.3 Å². The number of para-hydroxylation sites is 1. The minimum absolute atomic E-state index is 0.0208. The molecule has 1 aliphatic rings. The van der Waals surface area contributed by atoms with E-state index in [-0.39, 0.29) is 12.1 Å². The van der Waals surface area contributed by atoms with Crippen LogP contribution in [-0.4, -0.2) is 50.4 Å². The lowest BCUT2D eigenvalue weighted by Gasteiger charge is -2.35. The first-order valence-corrected chi connectivity index (χ1v) is 11.3. The van der Waals surface area contributed by atoms with E-state index in [1.165, 1.54) is 0 Å². The zero-order chi connectivity index (χ0) is 23.0. The second-order valence-corrected chi connectivity index (χ2v) is 9.43. The summed E-state index contributed by atoms with van der Waals surface area (Å²) in [6.07, 6.45) is 3.47. The summed E-state index contributed by atoms with van der Waals surface area (Å²) in [6, 6.07) is 16.1. The number of fused-ring (bicyclic) bond motifs is 2. The zero-order valence-electron chi connectivity index (χ0n) is 19.2. The molecule has 170 valence electrons. The zero-order valence-corrected chi connectivity index (χ0v) is 19.2. The summed E-state index contributed by atoms with van der Waals surface area (Å²) in [4.78, 5) is 19.6. The van der Waals surface area contributed by atoms with Crippen molar-refractivity contribution in [2.24, 2.45) is 0 Å². The Labute approximate surface area is 192 Å². The SMILES string of the molecule is CC(C)(C)OC(=O)N[C@@H]1CCCN(c2cccc3ccc(-c4nnc5ccccn45)nc23)C1. The van der Waals surface area contributed by atoms with Crippen molar-refractivity contribution >= 4 is 28.3 Å². The summed E-state index contributed by atoms with van der Waals surface area (Å²) < 4.78 is 7.39. The number of amides is 1. The predicted molar refractivity (Wildman–Crippen MR) is 128 cm³/mol. The lowest BCUT2D eigenvalue weighted by Crippen LogP contribution is -2.49. The van der Waals surface area contributed by atoms with Gasteiger partial charge in [0, 0.05) is 30.7 Å². The molecule has 8 nitrogen and oxygen atoms in total. The summed E-state index contributed by atoms with van der Waals surface area (Å²) in [5.74, 6) is 0.713. The molecule has 1 atom stereocenters. The number of ether oxygens (including phenoxy) is 1. The molecule has 0 bridgehead atoms. The van der Waals surface area contributed by atoms with Crippen LogP contribution in [-0.2, 0) is 4.74 Å². The molecule has 4 heterocycles. The molecule has 33 heavy (non-hydrogen) atoms. The number of nitrogens with one attached hydrogen (secondary N) is 1. The van der Waals surface area contributed by atoms with Crippen LogP contribution in [0.15, 0.2) is 54.7 Å². The van der Waals surface area contributed by atoms with Crippen LogP contribution in [0, 0.1) is 0 Å². The first kappa shape index (κ1) is 21.2. The minimum Gasteiger partial charge on any atom is -0.444 e. The van der Waals surface area contributed by atoms with Gasteiger partial charge in [-0.05, 0) is 57.9 Å². The van der Waals surface area contributed by atoms with E-state index in [0.29, 0.717) is 12.4 Å². The molecule has 1 saturated heterocycles. The number of carbonyl (C=O) groups is 1. The lowest BCUT2D eigenvalue weighted by atomic mass is 10.0. The van der Waals surface area contributed by atoms with Crippen LogP contribution in [0.25, 0.3) is 28.1 Å². The van der Waals surface area contributed by atoms with Crippen molar-refractivity contribution in [2.75, 3.05) is 18.0 Å². The maximum Gasteiger partial charge on any atom is 0.407 e. The molecule has 8 heteroatoms. The van der Waals surface area contributed by atoms with Crippen LogP contribution in [0.3, 0.4) is 0 Å². The summed E-state index contributed by atoms with van der Waals surface area (Å²) in [6.45, 7) is 7.23. The predicted octanol–water partition coefficient (Wildman–Crippen LogP) is 4.44. The number of benzene rings is 1. The summed E-state index contributed by atoms with van der Waals surface area (Å²) in [7, 11) is 0. The maximum absolute atomic E-state index is 12.3. The average molecular weight is 445 g/mol. The topological polar surface area (TPSA) is 84.6 Å². The highest BCUT2D eigenvalue weighted by molar-refractivity contribution is 5.92. The summed E-state index contributed by atoms with van der Waals surface area (Å²) in [5.41, 5.74) is 3.02. The van der Waals surface area contributed by atoms with E-state index in [1.54, 1.807) is 0 Å². The molecular formula is C25H28N6O2. The van der Waals surface area contributed by atoms with Crippen molar-refractivity contribution in [1.82, 2.24) is 24.9 Å². The molecule has 1 aliphatic heterocycles. The Bertz CT molecular complexity index is 1310. The smallest absolute Gasteiger partial charge is 0.407 e. The van der Waals surface area contributed by atoms with Gasteiger partial charge in [0.15, 0.2) is 11.5 Å². The Morgan fingerprint density at radius 1 is 1.09 bits per heavy atom. The average Bonchev–Trinajstić information content (AvgIpc) is 3.21. The molecule has 1 N–H and O–H groups in total. The number of piperidine rings is 1. The van der Waals surface area contributed by atoms with E-state index in [2.05, 4.69) is 44.7 Å². The van der Waals surface area contributed by atoms with Crippen LogP contribution in [0.5, 0.6) is 0 Å². The molecule has 5 rings (SSSR count). The number of rotatable bonds is 3. The van der Waals surface area contributed by atoms with Gasteiger partial charge < -0.3 is 15.0 Å². The van der Waals surface area contributed by atoms with Crippen molar-refractivity contribution in [3.05, 3.63) is 54.7 Å². The molecule has 1 fully saturated rings. The highest BCUT2D eigenvalue weighted by Crippen LogP contribution is 2.30. The minimum atomic E-state index is -0.514. The van der Waals surface area contributed by atoms with Crippen molar-refractivity contribution in [3.8, 4) is 11.5 Å². The summed E-state index contributed by atoms with van der Waals surface area (Å²) >= 11 is 0. The van der Waals surface area contributed by atoms with Crippen LogP contribution in [0.4, 0.5) is 10.5 Å². The Morgan fingerprint density at radius 2 is 1.97 bits per heavy atom. The molecule has 0 radical (unpaired) electrons. The number of alkyl carbamates (subject to hydrolysis) is 1. The fraction of sp³-hybridized carbons (Fsp3) is 0.360. The van der Waals surface area contributed by atoms with Gasteiger partial charge in [-0.15, -0.1) is 10.2 Å². The van der Waals surface area contributed by atoms with Gasteiger partial charge >= 0.3 is 6.09 Å². The Balaban J connectivity index is 1.44. The van der Waals surface area contributed by atoms with Gasteiger partial charge in [0.2, 0.25) is 0 Å². The fourth-order valence-electron chi connectivity index (χ4n) is 4.32. The maximum atomic E-state index is 12.3. The number of hydrogen-bond donors (Lipinski definition) is 1. The van der Waals surface area contributed by atoms with Gasteiger partial charge in [-0.3, -0.25) is 4.40 Å². The molecule has 0 spiro atoms. The summed E-state index contributed by atoms with van der Waals surface area (Å²) in [5, 5.41) is 12.7. The Hall–Kier alpha value is -3.68. The first-order valence-electron chi connectivity index (χ1n) is 11.3. The Morgan fingerprint density at radius 3 is 2.82 bits per heavy atom. The number of hydrogen-bond acceptors (Lipinski definition) is 6. The second kappa shape index (κ2) is 8.35. The third-order valence-corrected chi connectivity index (χ3v) is 5.72. The molecule has 0 saturated carbocycles. The number of anilines is 1. The number of carbonyl (C=O) groups excluding carboxylic acids is 1. The van der Waals surface area contributed by atoms with Gasteiger partial charge in [0.05, 0.1) is 11.2 Å². The van der Waals surface area contributed by atoms with Gasteiger partial charge in [0.25, 0.3) is 0 Å². The Kier molecular flexibility index (Phi) is 5.36. The van der Waals surface area contributed by atoms with E-state index >= 15 is 0 Å². The number of pyridine rings is 2. The van der Waals surface area contributed by atoms with Crippen molar-refractivity contribution in [2.45, 2.75) is 45.3 Å². The van der Waals surface area contributed by atoms with Crippen LogP contribution in [0.2, 0.25) is 0 Å². The monoisotopic (exact) mass is 444 g/mol. The van der Waals surface area contributed by atoms with Crippen molar-refractivity contribution < 1.29 is 9.53 Å². The van der Waals surface area contributed by atoms with E-state index in [0.717, 1.165) is 47.3 Å². The number of aromatic nitrogens is 4. The molecule has 1 amide bonds. The normalized spacial score (nSPS) is 16.8. The van der Waals surface area contributed by atoms with E-state index < -0.39 is 5.60 Å². The molecular weight excluding hydrogens is 416 g/mol. The van der Waals surface area contributed by atoms with E-state index in [9.17, 15) is 4.79 Å². The molecule has 3 aromatic heterocycles. The largest absolute Gasteiger partial charge is 0.444 e. The quantitative estimate of drug-likeness (QED) is 0.503. The van der Waals surface area contributed by atoms with Crippen LogP contribution < -0.4 is 10.2 Å². The third kappa shape index (κ3) is 4.46. The highest BCUT2D eigenvalue weighted by Gasteiger charge is 2.25. The van der Waals surface area contributed by atoms with E-state index in [4.69, 9.17) is 9.72 Å². The van der Waals surface area contributed by atoms with Gasteiger partial charge in [-0.2, -0.15) is 0 Å². The van der Waals surface area contributed by atoms with Gasteiger partial charge in [-0.1, -0.05) is 24.3 Å². The number of nitrogens with zero attached hydrogens (tertiary/aromatic N) is 5. The molecule has 0 unspecified atom stereocenters. The molecule has 4 aromatic rings. The highest BCUT2D eigenvalue weighted by atomic mass is 16.6. The fourth-order valence-corrected chi connectivity index (χ4v) is 4.32. The van der Waals surface area contributed by atoms with Crippen molar-refractivity contribution in [3.63, 3.8) is 0 Å². The van der Waals surface area contributed by atoms with Gasteiger partial charge in [-0.25, -0.2) is 9.78 Å². The molecule has 1 aromatic carbocycles. The second-order valence-electron chi connectivity index (χ2n) is 9.43. The van der Waals surface area contributed by atoms with Crippen LogP contribution in [0.1, 0.15) is 33.6 Å². The van der Waals surface area contributed by atoms with Crippen molar-refractivity contribution in [1.29, 1.82) is 0 Å². The van der Waals surface area contributed by atoms with E-state index in [1.807, 2.05) is 55.6 Å². The standard InChI is InChI=1S/C25H28N6O2/c1-25(2,3)33-24(32)26-18-9-7-14-30(16-18)20-10-6-8-17-12-13-19(27-22(17)20)23-29-28-21-11-4-5-15-31(21)23/h4-6,8,10-13,15,18H,7,9,14,16H2,1-3H3,(H,26,32)/t18-/m1/s1. The van der Waals surface area contributed by atoms with Crippen LogP contribution >= 0.6 is 0 Å². The lowest BCUT2D eigenvalue weighted by molar-refractivity contribution is 0.0500.